The molecule has 86 valence electrons. The second-order valence-electron chi connectivity index (χ2n) is 4.64. The van der Waals surface area contributed by atoms with E-state index in [0.29, 0.717) is 5.13 Å². The number of carbonyl (C=O) groups is 1. The summed E-state index contributed by atoms with van der Waals surface area (Å²) in [5.74, 6) is -0.0271. The van der Waals surface area contributed by atoms with Crippen molar-refractivity contribution in [2.75, 3.05) is 12.4 Å². The molecule has 3 fully saturated rings. The Kier molecular flexibility index (Phi) is 3.73. The van der Waals surface area contributed by atoms with Crippen molar-refractivity contribution in [1.82, 2.24) is 4.98 Å². The maximum atomic E-state index is 11.9. The molecule has 0 atom stereocenters. The summed E-state index contributed by atoms with van der Waals surface area (Å²) in [7, 11) is 1.69. The van der Waals surface area contributed by atoms with Crippen molar-refractivity contribution in [3.8, 4) is 5.06 Å². The van der Waals surface area contributed by atoms with E-state index in [1.807, 2.05) is 0 Å². The Hall–Kier alpha value is 0.496. The zero-order chi connectivity index (χ0) is 11.4. The largest absolute Gasteiger partial charge is 1.00 e. The molecule has 1 heterocycles. The normalized spacial score (nSPS) is 33.0. The van der Waals surface area contributed by atoms with Crippen LogP contribution in [0.25, 0.3) is 0 Å². The number of carbonyl (C=O) groups excluding carboxylic acids is 1. The fourth-order valence-electron chi connectivity index (χ4n) is 2.70. The number of hydrogen-bond donors (Lipinski definition) is 1. The van der Waals surface area contributed by atoms with Gasteiger partial charge in [-0.2, -0.15) is 0 Å². The van der Waals surface area contributed by atoms with E-state index in [2.05, 4.69) is 10.3 Å². The Morgan fingerprint density at radius 3 is 2.71 bits per heavy atom. The summed E-state index contributed by atoms with van der Waals surface area (Å²) in [6.07, 6.45) is 3.59. The smallest absolute Gasteiger partial charge is 0.864 e. The van der Waals surface area contributed by atoms with Crippen LogP contribution in [0, 0.1) is 5.41 Å². The summed E-state index contributed by atoms with van der Waals surface area (Å²) in [5.41, 5.74) is -0.297. The molecule has 0 aromatic carbocycles. The molecule has 1 amide bonds. The van der Waals surface area contributed by atoms with Crippen LogP contribution >= 0.6 is 11.3 Å². The minimum Gasteiger partial charge on any atom is -0.864 e. The summed E-state index contributed by atoms with van der Waals surface area (Å²) in [6.45, 7) is 0. The minimum absolute atomic E-state index is 0. The van der Waals surface area contributed by atoms with Gasteiger partial charge in [0.05, 0.1) is 11.0 Å². The molecule has 1 N–H and O–H groups in total. The van der Waals surface area contributed by atoms with Crippen molar-refractivity contribution >= 4 is 22.4 Å². The molecule has 0 aliphatic heterocycles. The molecule has 1 aromatic heterocycles. The summed E-state index contributed by atoms with van der Waals surface area (Å²) >= 11 is 0.959. The first-order chi connectivity index (χ1) is 7.57. The molecule has 2 bridgehead atoms. The van der Waals surface area contributed by atoms with E-state index in [4.69, 9.17) is 4.74 Å². The summed E-state index contributed by atoms with van der Waals surface area (Å²) in [6, 6.07) is 0. The predicted octanol–water partition coefficient (Wildman–Crippen LogP) is -2.27. The topological polar surface area (TPSA) is 74.3 Å². The van der Waals surface area contributed by atoms with Crippen LogP contribution in [0.1, 0.15) is 19.3 Å². The average molecular weight is 278 g/mol. The first-order valence-corrected chi connectivity index (χ1v) is 5.89. The quantitative estimate of drug-likeness (QED) is 0.633. The van der Waals surface area contributed by atoms with E-state index >= 15 is 0 Å². The van der Waals surface area contributed by atoms with E-state index in [1.165, 1.54) is 6.20 Å². The first kappa shape index (κ1) is 13.9. The van der Waals surface area contributed by atoms with Crippen LogP contribution in [0.4, 0.5) is 5.13 Å². The van der Waals surface area contributed by atoms with Gasteiger partial charge in [-0.3, -0.25) is 4.79 Å². The van der Waals surface area contributed by atoms with Crippen LogP contribution in [0.5, 0.6) is 5.06 Å². The molecule has 3 aliphatic carbocycles. The van der Waals surface area contributed by atoms with Gasteiger partial charge in [0.15, 0.2) is 5.13 Å². The van der Waals surface area contributed by atoms with Crippen molar-refractivity contribution in [3.05, 3.63) is 6.20 Å². The number of nitrogens with zero attached hydrogens (tertiary/aromatic N) is 1. The number of methoxy groups -OCH3 is 1. The van der Waals surface area contributed by atoms with E-state index in [9.17, 15) is 9.90 Å². The fourth-order valence-corrected chi connectivity index (χ4v) is 3.24. The number of anilines is 1. The third-order valence-corrected chi connectivity index (χ3v) is 4.31. The molecule has 1 aromatic rings. The number of nitrogens with one attached hydrogen (secondary N) is 1. The Morgan fingerprint density at radius 2 is 2.24 bits per heavy atom. The van der Waals surface area contributed by atoms with E-state index in [1.54, 1.807) is 7.11 Å². The zero-order valence-corrected chi connectivity index (χ0v) is 13.7. The van der Waals surface area contributed by atoms with Crippen molar-refractivity contribution in [1.29, 1.82) is 0 Å². The molecule has 0 spiro atoms. The van der Waals surface area contributed by atoms with Crippen molar-refractivity contribution in [2.24, 2.45) is 5.41 Å². The van der Waals surface area contributed by atoms with E-state index in [0.717, 1.165) is 30.6 Å². The van der Waals surface area contributed by atoms with Crippen LogP contribution < -0.4 is 61.8 Å². The Balaban J connectivity index is 0.00000108. The Morgan fingerprint density at radius 1 is 1.59 bits per heavy atom. The predicted molar refractivity (Wildman–Crippen MR) is 56.2 cm³/mol. The Bertz CT molecular complexity index is 442. The number of hydrogen-bond acceptors (Lipinski definition) is 5. The third kappa shape index (κ3) is 2.11. The van der Waals surface area contributed by atoms with Crippen LogP contribution in [0.2, 0.25) is 0 Å². The molecule has 5 nitrogen and oxygen atoms in total. The minimum atomic E-state index is -0.259. The van der Waals surface area contributed by atoms with Gasteiger partial charge in [-0.25, -0.2) is 4.98 Å². The van der Waals surface area contributed by atoms with Crippen LogP contribution in [0.3, 0.4) is 0 Å². The maximum absolute atomic E-state index is 11.9. The third-order valence-electron chi connectivity index (χ3n) is 3.60. The van der Waals surface area contributed by atoms with Gasteiger partial charge in [0.25, 0.3) is 0 Å². The van der Waals surface area contributed by atoms with Gasteiger partial charge in [-0.1, -0.05) is 0 Å². The fraction of sp³-hybridized carbons (Fsp3) is 0.600. The average Bonchev–Trinajstić information content (AvgIpc) is 2.47. The number of ether oxygens (including phenoxy) is 1. The van der Waals surface area contributed by atoms with E-state index < -0.39 is 0 Å². The number of amides is 1. The maximum Gasteiger partial charge on any atom is 1.00 e. The molecular weight excluding hydrogens is 267 g/mol. The van der Waals surface area contributed by atoms with Gasteiger partial charge >= 0.3 is 51.4 Å². The monoisotopic (exact) mass is 278 g/mol. The Labute approximate surface area is 145 Å². The number of rotatable bonds is 3. The first-order valence-electron chi connectivity index (χ1n) is 5.07. The van der Waals surface area contributed by atoms with Crippen LogP contribution in [-0.4, -0.2) is 23.6 Å². The van der Waals surface area contributed by atoms with Gasteiger partial charge in [0.1, 0.15) is 0 Å². The molecule has 0 saturated heterocycles. The number of aromatic nitrogens is 1. The van der Waals surface area contributed by atoms with Crippen LogP contribution in [0.15, 0.2) is 6.20 Å². The molecule has 7 heteroatoms. The second-order valence-corrected chi connectivity index (χ2v) is 5.63. The van der Waals surface area contributed by atoms with Crippen molar-refractivity contribution < 1.29 is 66.0 Å². The van der Waals surface area contributed by atoms with Gasteiger partial charge in [-0.05, 0) is 24.3 Å². The molecule has 17 heavy (non-hydrogen) atoms. The summed E-state index contributed by atoms with van der Waals surface area (Å²) in [4.78, 5) is 15.7. The molecule has 0 radical (unpaired) electrons. The van der Waals surface area contributed by atoms with Crippen molar-refractivity contribution in [3.63, 3.8) is 0 Å². The molecule has 0 unspecified atom stereocenters. The van der Waals surface area contributed by atoms with Crippen molar-refractivity contribution in [2.45, 2.75) is 24.9 Å². The molecule has 3 aliphatic rings. The second kappa shape index (κ2) is 4.55. The van der Waals surface area contributed by atoms with Gasteiger partial charge in [0, 0.05) is 13.3 Å². The number of thiazole rings is 1. The SMILES string of the molecule is COC12CC(C(=O)Nc3ncc([O-])s3)(C1)C2.[K+]. The van der Waals surface area contributed by atoms with Gasteiger partial charge in [-0.15, -0.1) is 11.3 Å². The summed E-state index contributed by atoms with van der Waals surface area (Å²) < 4.78 is 5.33. The summed E-state index contributed by atoms with van der Waals surface area (Å²) in [5, 5.41) is 13.9. The standard InChI is InChI=1S/C10H12N2O3S.K/c1-15-10-3-9(4-10,5-10)7(14)12-8-11-2-6(13)16-8;/h2,13H,3-5H2,1H3,(H,11,12,14);/q;+1/p-1. The molecule has 4 rings (SSSR count). The van der Waals surface area contributed by atoms with Gasteiger partial charge < -0.3 is 15.2 Å². The molecular formula is C10H11KN2O3S. The van der Waals surface area contributed by atoms with Gasteiger partial charge in [0.2, 0.25) is 5.91 Å². The van der Waals surface area contributed by atoms with E-state index in [-0.39, 0.29) is 73.4 Å². The van der Waals surface area contributed by atoms with Crippen LogP contribution in [-0.2, 0) is 9.53 Å². The zero-order valence-electron chi connectivity index (χ0n) is 9.78. The molecule has 3 saturated carbocycles.